The second-order valence-corrected chi connectivity index (χ2v) is 6.65. The number of nitrogens with zero attached hydrogens (tertiary/aromatic N) is 2. The molecule has 1 heterocycles. The SMILES string of the molecule is CCOC(=O)/C(C)=C/CCCC1C(=O)N(C=O)CCN1Cc1ccccc1. The average molecular weight is 372 g/mol. The lowest BCUT2D eigenvalue weighted by Gasteiger charge is -2.38. The van der Waals surface area contributed by atoms with Gasteiger partial charge in [0.2, 0.25) is 12.3 Å². The number of carbonyl (C=O) groups is 3. The summed E-state index contributed by atoms with van der Waals surface area (Å²) in [5, 5.41) is 0. The lowest BCUT2D eigenvalue weighted by molar-refractivity contribution is -0.147. The third-order valence-corrected chi connectivity index (χ3v) is 4.72. The summed E-state index contributed by atoms with van der Waals surface area (Å²) in [6.45, 7) is 5.65. The summed E-state index contributed by atoms with van der Waals surface area (Å²) in [7, 11) is 0. The molecule has 1 aromatic carbocycles. The van der Waals surface area contributed by atoms with E-state index in [0.717, 1.165) is 12.0 Å². The number of imide groups is 1. The van der Waals surface area contributed by atoms with E-state index in [2.05, 4.69) is 4.90 Å². The predicted molar refractivity (Wildman–Crippen MR) is 103 cm³/mol. The van der Waals surface area contributed by atoms with Crippen LogP contribution in [0, 0.1) is 0 Å². The summed E-state index contributed by atoms with van der Waals surface area (Å²) < 4.78 is 4.96. The van der Waals surface area contributed by atoms with Gasteiger partial charge in [0.15, 0.2) is 0 Å². The first-order valence-electron chi connectivity index (χ1n) is 9.44. The molecular weight excluding hydrogens is 344 g/mol. The molecule has 2 rings (SSSR count). The molecule has 1 unspecified atom stereocenters. The van der Waals surface area contributed by atoms with Crippen LogP contribution >= 0.6 is 0 Å². The van der Waals surface area contributed by atoms with Gasteiger partial charge in [0, 0.05) is 25.2 Å². The van der Waals surface area contributed by atoms with Gasteiger partial charge in [-0.25, -0.2) is 4.79 Å². The van der Waals surface area contributed by atoms with Gasteiger partial charge in [-0.3, -0.25) is 19.4 Å². The number of hydrogen-bond donors (Lipinski definition) is 0. The molecule has 1 atom stereocenters. The van der Waals surface area contributed by atoms with Crippen LogP contribution in [0.1, 0.15) is 38.7 Å². The highest BCUT2D eigenvalue weighted by Gasteiger charge is 2.33. The molecule has 2 amide bonds. The molecule has 146 valence electrons. The second kappa shape index (κ2) is 10.6. The number of benzene rings is 1. The van der Waals surface area contributed by atoms with Crippen LogP contribution in [0.4, 0.5) is 0 Å². The van der Waals surface area contributed by atoms with Gasteiger partial charge in [0.25, 0.3) is 0 Å². The molecule has 1 saturated heterocycles. The van der Waals surface area contributed by atoms with Gasteiger partial charge in [-0.2, -0.15) is 0 Å². The van der Waals surface area contributed by atoms with Crippen molar-refractivity contribution in [3.05, 3.63) is 47.5 Å². The molecule has 0 aromatic heterocycles. The molecule has 0 spiro atoms. The van der Waals surface area contributed by atoms with Crippen LogP contribution < -0.4 is 0 Å². The van der Waals surface area contributed by atoms with Crippen LogP contribution in [0.2, 0.25) is 0 Å². The van der Waals surface area contributed by atoms with E-state index in [4.69, 9.17) is 4.74 Å². The molecule has 1 aromatic rings. The van der Waals surface area contributed by atoms with Gasteiger partial charge in [0.1, 0.15) is 0 Å². The summed E-state index contributed by atoms with van der Waals surface area (Å²) in [4.78, 5) is 38.8. The summed E-state index contributed by atoms with van der Waals surface area (Å²) in [6.07, 6.45) is 4.56. The molecule has 1 aliphatic heterocycles. The topological polar surface area (TPSA) is 66.9 Å². The zero-order valence-electron chi connectivity index (χ0n) is 16.1. The molecular formula is C21H28N2O4. The van der Waals surface area contributed by atoms with Crippen LogP contribution in [0.3, 0.4) is 0 Å². The largest absolute Gasteiger partial charge is 0.463 e. The number of carbonyl (C=O) groups excluding carboxylic acids is 3. The van der Waals surface area contributed by atoms with Gasteiger partial charge < -0.3 is 4.74 Å². The van der Waals surface area contributed by atoms with Crippen molar-refractivity contribution in [1.29, 1.82) is 0 Å². The number of ether oxygens (including phenoxy) is 1. The molecule has 6 heteroatoms. The Bertz CT molecular complexity index is 672. The number of amides is 2. The zero-order valence-corrected chi connectivity index (χ0v) is 16.1. The Morgan fingerprint density at radius 1 is 1.26 bits per heavy atom. The van der Waals surface area contributed by atoms with Gasteiger partial charge >= 0.3 is 5.97 Å². The molecule has 0 aliphatic carbocycles. The number of allylic oxidation sites excluding steroid dienone is 1. The monoisotopic (exact) mass is 372 g/mol. The average Bonchev–Trinajstić information content (AvgIpc) is 2.68. The highest BCUT2D eigenvalue weighted by atomic mass is 16.5. The lowest BCUT2D eigenvalue weighted by atomic mass is 10.0. The maximum absolute atomic E-state index is 12.6. The Labute approximate surface area is 160 Å². The van der Waals surface area contributed by atoms with Crippen LogP contribution in [0.5, 0.6) is 0 Å². The van der Waals surface area contributed by atoms with Crippen molar-refractivity contribution in [3.8, 4) is 0 Å². The smallest absolute Gasteiger partial charge is 0.333 e. The first-order chi connectivity index (χ1) is 13.1. The Morgan fingerprint density at radius 2 is 2.00 bits per heavy atom. The minimum absolute atomic E-state index is 0.140. The van der Waals surface area contributed by atoms with E-state index >= 15 is 0 Å². The molecule has 0 bridgehead atoms. The fraction of sp³-hybridized carbons (Fsp3) is 0.476. The highest BCUT2D eigenvalue weighted by Crippen LogP contribution is 2.19. The number of rotatable bonds is 9. The van der Waals surface area contributed by atoms with Crippen molar-refractivity contribution in [3.63, 3.8) is 0 Å². The van der Waals surface area contributed by atoms with Crippen LogP contribution in [-0.2, 0) is 25.7 Å². The lowest BCUT2D eigenvalue weighted by Crippen LogP contribution is -2.56. The summed E-state index contributed by atoms with van der Waals surface area (Å²) in [5.74, 6) is -0.442. The van der Waals surface area contributed by atoms with Crippen molar-refractivity contribution in [2.24, 2.45) is 0 Å². The highest BCUT2D eigenvalue weighted by molar-refractivity contribution is 5.91. The zero-order chi connectivity index (χ0) is 19.6. The number of hydrogen-bond acceptors (Lipinski definition) is 5. The first-order valence-corrected chi connectivity index (χ1v) is 9.44. The standard InChI is InChI=1S/C21H28N2O4/c1-3-27-21(26)17(2)9-7-8-12-19-20(25)23(16-24)14-13-22(19)15-18-10-5-4-6-11-18/h4-6,9-11,16,19H,3,7-8,12-15H2,1-2H3/b17-9+. The van der Waals surface area contributed by atoms with Crippen LogP contribution in [0.15, 0.2) is 42.0 Å². The number of esters is 1. The van der Waals surface area contributed by atoms with Gasteiger partial charge in [0.05, 0.1) is 12.6 Å². The van der Waals surface area contributed by atoms with Gasteiger partial charge in [-0.05, 0) is 38.7 Å². The first kappa shape index (κ1) is 20.8. The van der Waals surface area contributed by atoms with E-state index in [0.29, 0.717) is 51.1 Å². The number of piperazine rings is 1. The Hall–Kier alpha value is -2.47. The maximum atomic E-state index is 12.6. The van der Waals surface area contributed by atoms with Gasteiger partial charge in [-0.15, -0.1) is 0 Å². The van der Waals surface area contributed by atoms with E-state index in [1.807, 2.05) is 36.4 Å². The third-order valence-electron chi connectivity index (χ3n) is 4.72. The van der Waals surface area contributed by atoms with Crippen molar-refractivity contribution in [2.75, 3.05) is 19.7 Å². The van der Waals surface area contributed by atoms with Crippen molar-refractivity contribution in [2.45, 2.75) is 45.7 Å². The van der Waals surface area contributed by atoms with Gasteiger partial charge in [-0.1, -0.05) is 36.4 Å². The van der Waals surface area contributed by atoms with Crippen molar-refractivity contribution < 1.29 is 19.1 Å². The van der Waals surface area contributed by atoms with Crippen molar-refractivity contribution >= 4 is 18.3 Å². The quantitative estimate of drug-likeness (QED) is 0.288. The summed E-state index contributed by atoms with van der Waals surface area (Å²) >= 11 is 0. The molecule has 0 radical (unpaired) electrons. The Balaban J connectivity index is 1.97. The Kier molecular flexibility index (Phi) is 8.20. The fourth-order valence-corrected chi connectivity index (χ4v) is 3.23. The summed E-state index contributed by atoms with van der Waals surface area (Å²) in [6, 6.07) is 9.70. The van der Waals surface area contributed by atoms with E-state index in [-0.39, 0.29) is 17.9 Å². The van der Waals surface area contributed by atoms with E-state index < -0.39 is 0 Å². The molecule has 1 fully saturated rings. The minimum Gasteiger partial charge on any atom is -0.463 e. The molecule has 6 nitrogen and oxygen atoms in total. The third kappa shape index (κ3) is 6.03. The molecule has 1 aliphatic rings. The van der Waals surface area contributed by atoms with E-state index in [1.165, 1.54) is 4.90 Å². The normalized spacial score (nSPS) is 18.4. The van der Waals surface area contributed by atoms with Crippen LogP contribution in [0.25, 0.3) is 0 Å². The molecule has 0 N–H and O–H groups in total. The van der Waals surface area contributed by atoms with Crippen molar-refractivity contribution in [1.82, 2.24) is 9.80 Å². The predicted octanol–water partition coefficient (Wildman–Crippen LogP) is 2.54. The molecule has 27 heavy (non-hydrogen) atoms. The van der Waals surface area contributed by atoms with E-state index in [9.17, 15) is 14.4 Å². The maximum Gasteiger partial charge on any atom is 0.333 e. The number of unbranched alkanes of at least 4 members (excludes halogenated alkanes) is 1. The van der Waals surface area contributed by atoms with Crippen LogP contribution in [-0.4, -0.2) is 53.8 Å². The minimum atomic E-state index is -0.319. The molecule has 0 saturated carbocycles. The summed E-state index contributed by atoms with van der Waals surface area (Å²) in [5.41, 5.74) is 1.73. The second-order valence-electron chi connectivity index (χ2n) is 6.65. The Morgan fingerprint density at radius 3 is 2.67 bits per heavy atom. The van der Waals surface area contributed by atoms with E-state index in [1.54, 1.807) is 13.8 Å². The fourth-order valence-electron chi connectivity index (χ4n) is 3.23.